The summed E-state index contributed by atoms with van der Waals surface area (Å²) in [6, 6.07) is 6.22. The molecule has 2 bridgehead atoms. The Morgan fingerprint density at radius 1 is 1.19 bits per heavy atom. The molecular weight excluding hydrogens is 398 g/mol. The third kappa shape index (κ3) is 2.96. The number of nitrogens with one attached hydrogen (secondary N) is 1. The first-order valence-corrected chi connectivity index (χ1v) is 9.94. The Hall–Kier alpha value is -1.76. The van der Waals surface area contributed by atoms with E-state index < -0.39 is 5.60 Å². The van der Waals surface area contributed by atoms with Gasteiger partial charge in [-0.2, -0.15) is 0 Å². The molecular formula is C19H24BrN3O3. The number of amides is 1. The van der Waals surface area contributed by atoms with Crippen LogP contribution in [-0.2, 0) is 4.74 Å². The minimum Gasteiger partial charge on any atom is -0.444 e. The van der Waals surface area contributed by atoms with Crippen LogP contribution in [0.25, 0.3) is 11.0 Å². The smallest absolute Gasteiger partial charge is 0.410 e. The molecule has 0 aliphatic carbocycles. The molecule has 7 heteroatoms. The van der Waals surface area contributed by atoms with E-state index in [0.29, 0.717) is 0 Å². The van der Waals surface area contributed by atoms with Gasteiger partial charge in [0, 0.05) is 22.6 Å². The maximum absolute atomic E-state index is 12.6. The third-order valence-electron chi connectivity index (χ3n) is 5.38. The van der Waals surface area contributed by atoms with Gasteiger partial charge in [-0.05, 0) is 74.5 Å². The van der Waals surface area contributed by atoms with Crippen molar-refractivity contribution in [3.8, 4) is 0 Å². The number of carbonyl (C=O) groups is 1. The number of ether oxygens (including phenoxy) is 1. The minimum absolute atomic E-state index is 0.0815. The van der Waals surface area contributed by atoms with Gasteiger partial charge in [0.25, 0.3) is 0 Å². The predicted molar refractivity (Wildman–Crippen MR) is 103 cm³/mol. The number of nitrogens with zero attached hydrogens (tertiary/aromatic N) is 2. The molecule has 2 aromatic rings. The van der Waals surface area contributed by atoms with E-state index in [9.17, 15) is 9.59 Å². The van der Waals surface area contributed by atoms with Gasteiger partial charge in [0.1, 0.15) is 5.60 Å². The zero-order valence-corrected chi connectivity index (χ0v) is 16.9. The summed E-state index contributed by atoms with van der Waals surface area (Å²) in [6.07, 6.45) is 3.30. The number of rotatable bonds is 1. The van der Waals surface area contributed by atoms with Gasteiger partial charge < -0.3 is 14.6 Å². The van der Waals surface area contributed by atoms with Crippen LogP contribution in [0.2, 0.25) is 0 Å². The first-order chi connectivity index (χ1) is 12.2. The molecule has 3 heterocycles. The van der Waals surface area contributed by atoms with Crippen LogP contribution in [0.15, 0.2) is 27.5 Å². The zero-order valence-electron chi connectivity index (χ0n) is 15.3. The molecule has 2 atom stereocenters. The number of aromatic amines is 1. The lowest BCUT2D eigenvalue weighted by Gasteiger charge is -2.39. The minimum atomic E-state index is -0.493. The summed E-state index contributed by atoms with van der Waals surface area (Å²) in [6.45, 7) is 5.68. The highest BCUT2D eigenvalue weighted by molar-refractivity contribution is 9.10. The van der Waals surface area contributed by atoms with Crippen LogP contribution in [0.5, 0.6) is 0 Å². The number of piperidine rings is 1. The molecule has 1 amide bonds. The summed E-state index contributed by atoms with van der Waals surface area (Å²) in [4.78, 5) is 30.1. The molecule has 140 valence electrons. The van der Waals surface area contributed by atoms with Gasteiger partial charge >= 0.3 is 11.8 Å². The van der Waals surface area contributed by atoms with Crippen LogP contribution in [0.3, 0.4) is 0 Å². The van der Waals surface area contributed by atoms with E-state index in [0.717, 1.165) is 41.2 Å². The number of halogens is 1. The molecule has 2 unspecified atom stereocenters. The van der Waals surface area contributed by atoms with E-state index in [2.05, 4.69) is 20.9 Å². The van der Waals surface area contributed by atoms with Gasteiger partial charge in [-0.3, -0.25) is 4.57 Å². The van der Waals surface area contributed by atoms with E-state index in [1.807, 2.05) is 48.4 Å². The largest absolute Gasteiger partial charge is 0.444 e. The summed E-state index contributed by atoms with van der Waals surface area (Å²) < 4.78 is 8.36. The van der Waals surface area contributed by atoms with Crippen LogP contribution in [0, 0.1) is 0 Å². The average molecular weight is 422 g/mol. The molecule has 2 fully saturated rings. The van der Waals surface area contributed by atoms with E-state index in [-0.39, 0.29) is 29.9 Å². The molecule has 1 aromatic heterocycles. The number of carbonyl (C=O) groups excluding carboxylic acids is 1. The molecule has 0 spiro atoms. The predicted octanol–water partition coefficient (Wildman–Crippen LogP) is 4.20. The fourth-order valence-corrected chi connectivity index (χ4v) is 4.90. The van der Waals surface area contributed by atoms with Crippen LogP contribution >= 0.6 is 15.9 Å². The highest BCUT2D eigenvalue weighted by Gasteiger charge is 2.45. The molecule has 2 aliphatic heterocycles. The molecule has 0 radical (unpaired) electrons. The monoisotopic (exact) mass is 421 g/mol. The summed E-state index contributed by atoms with van der Waals surface area (Å²) in [5.41, 5.74) is 1.17. The number of para-hydroxylation sites is 1. The number of fused-ring (bicyclic) bond motifs is 3. The van der Waals surface area contributed by atoms with Crippen molar-refractivity contribution in [3.05, 3.63) is 33.2 Å². The second kappa shape index (κ2) is 6.15. The number of imidazole rings is 1. The standard InChI is InChI=1S/C19H24BrN3O3/c1-19(2,3)26-18(25)22-11-7-8-12(22)10-13(9-11)23-15-6-4-5-14(20)16(15)21-17(23)24/h4-6,11-13H,7-10H2,1-3H3,(H,21,24). The van der Waals surface area contributed by atoms with Gasteiger partial charge in [-0.25, -0.2) is 9.59 Å². The molecule has 6 nitrogen and oxygen atoms in total. The Bertz CT molecular complexity index is 897. The van der Waals surface area contributed by atoms with Crippen molar-refractivity contribution >= 4 is 33.1 Å². The van der Waals surface area contributed by atoms with Crippen molar-refractivity contribution in [3.63, 3.8) is 0 Å². The van der Waals surface area contributed by atoms with Gasteiger partial charge in [0.15, 0.2) is 0 Å². The molecule has 1 N–H and O–H groups in total. The maximum atomic E-state index is 12.6. The van der Waals surface area contributed by atoms with Gasteiger partial charge in [-0.15, -0.1) is 0 Å². The van der Waals surface area contributed by atoms with Gasteiger partial charge in [-0.1, -0.05) is 6.07 Å². The summed E-state index contributed by atoms with van der Waals surface area (Å²) in [7, 11) is 0. The van der Waals surface area contributed by atoms with E-state index in [1.165, 1.54) is 0 Å². The van der Waals surface area contributed by atoms with Gasteiger partial charge in [0.2, 0.25) is 0 Å². The van der Waals surface area contributed by atoms with E-state index >= 15 is 0 Å². The average Bonchev–Trinajstić information content (AvgIpc) is 3.01. The van der Waals surface area contributed by atoms with Crippen molar-refractivity contribution in [2.45, 2.75) is 70.2 Å². The first-order valence-electron chi connectivity index (χ1n) is 9.14. The lowest BCUT2D eigenvalue weighted by molar-refractivity contribution is 0.00301. The van der Waals surface area contributed by atoms with Crippen LogP contribution in [-0.4, -0.2) is 38.2 Å². The summed E-state index contributed by atoms with van der Waals surface area (Å²) >= 11 is 3.51. The summed E-state index contributed by atoms with van der Waals surface area (Å²) in [5, 5.41) is 0. The first kappa shape index (κ1) is 17.6. The number of benzene rings is 1. The molecule has 4 rings (SSSR count). The number of hydrogen-bond donors (Lipinski definition) is 1. The Morgan fingerprint density at radius 3 is 2.46 bits per heavy atom. The molecule has 2 saturated heterocycles. The number of aromatic nitrogens is 2. The van der Waals surface area contributed by atoms with Crippen LogP contribution in [0.4, 0.5) is 4.79 Å². The Kier molecular flexibility index (Phi) is 4.17. The fraction of sp³-hybridized carbons (Fsp3) is 0.579. The topological polar surface area (TPSA) is 67.3 Å². The van der Waals surface area contributed by atoms with E-state index in [4.69, 9.17) is 4.74 Å². The Labute approximate surface area is 160 Å². The zero-order chi connectivity index (χ0) is 18.6. The quantitative estimate of drug-likeness (QED) is 0.749. The Balaban J connectivity index is 1.62. The highest BCUT2D eigenvalue weighted by Crippen LogP contribution is 2.42. The highest BCUT2D eigenvalue weighted by atomic mass is 79.9. The third-order valence-corrected chi connectivity index (χ3v) is 6.04. The lowest BCUT2D eigenvalue weighted by Crippen LogP contribution is -2.49. The van der Waals surface area contributed by atoms with Crippen molar-refractivity contribution < 1.29 is 9.53 Å². The van der Waals surface area contributed by atoms with Crippen molar-refractivity contribution in [1.82, 2.24) is 14.5 Å². The van der Waals surface area contributed by atoms with Crippen LogP contribution < -0.4 is 5.69 Å². The number of hydrogen-bond acceptors (Lipinski definition) is 3. The molecule has 0 saturated carbocycles. The summed E-state index contributed by atoms with van der Waals surface area (Å²) in [5.74, 6) is 0. The van der Waals surface area contributed by atoms with Crippen molar-refractivity contribution in [2.24, 2.45) is 0 Å². The van der Waals surface area contributed by atoms with Crippen LogP contribution in [0.1, 0.15) is 52.5 Å². The van der Waals surface area contributed by atoms with Crippen molar-refractivity contribution in [1.29, 1.82) is 0 Å². The second-order valence-corrected chi connectivity index (χ2v) is 9.19. The SMILES string of the molecule is CC(C)(C)OC(=O)N1C2CCC1CC(n1c(=O)[nH]c3c(Br)cccc31)C2. The second-order valence-electron chi connectivity index (χ2n) is 8.33. The van der Waals surface area contributed by atoms with E-state index in [1.54, 1.807) is 0 Å². The molecule has 26 heavy (non-hydrogen) atoms. The normalized spacial score (nSPS) is 25.7. The molecule has 2 aliphatic rings. The molecule has 1 aromatic carbocycles. The van der Waals surface area contributed by atoms with Crippen molar-refractivity contribution in [2.75, 3.05) is 0 Å². The number of H-pyrrole nitrogens is 1. The van der Waals surface area contributed by atoms with Gasteiger partial charge in [0.05, 0.1) is 11.0 Å². The Morgan fingerprint density at radius 2 is 1.85 bits per heavy atom. The lowest BCUT2D eigenvalue weighted by atomic mass is 9.97. The fourth-order valence-electron chi connectivity index (χ4n) is 4.45. The maximum Gasteiger partial charge on any atom is 0.410 e.